The molecule has 0 aliphatic carbocycles. The minimum absolute atomic E-state index is 0. The predicted molar refractivity (Wildman–Crippen MR) is 98.6 cm³/mol. The fourth-order valence-electron chi connectivity index (χ4n) is 1.94. The van der Waals surface area contributed by atoms with E-state index in [0.717, 1.165) is 12.5 Å². The molecular formula is C20H18CaO6. The van der Waals surface area contributed by atoms with E-state index in [1.54, 1.807) is 48.5 Å². The molecule has 0 unspecified atom stereocenters. The third kappa shape index (κ3) is 8.77. The van der Waals surface area contributed by atoms with Crippen LogP contribution in [-0.4, -0.2) is 63.9 Å². The van der Waals surface area contributed by atoms with Crippen LogP contribution in [0.5, 0.6) is 0 Å². The van der Waals surface area contributed by atoms with E-state index >= 15 is 0 Å². The molecule has 0 aromatic heterocycles. The van der Waals surface area contributed by atoms with Gasteiger partial charge in [-0.1, -0.05) is 60.7 Å². The molecule has 0 aliphatic heterocycles. The molecule has 7 heteroatoms. The van der Waals surface area contributed by atoms with Gasteiger partial charge < -0.3 is 29.3 Å². The van der Waals surface area contributed by atoms with Crippen molar-refractivity contribution >= 4 is 60.8 Å². The summed E-state index contributed by atoms with van der Waals surface area (Å²) in [6.45, 7) is 0. The summed E-state index contributed by atoms with van der Waals surface area (Å²) in [4.78, 5) is 21.3. The van der Waals surface area contributed by atoms with Gasteiger partial charge in [0.25, 0.3) is 0 Å². The van der Waals surface area contributed by atoms with Crippen LogP contribution in [0.3, 0.4) is 0 Å². The van der Waals surface area contributed by atoms with Crippen molar-refractivity contribution in [3.05, 3.63) is 84.3 Å². The largest absolute Gasteiger partial charge is 2.00 e. The van der Waals surface area contributed by atoms with E-state index < -0.39 is 11.9 Å². The summed E-state index contributed by atoms with van der Waals surface area (Å²) >= 11 is 0. The van der Waals surface area contributed by atoms with Crippen molar-refractivity contribution in [2.24, 2.45) is 0 Å². The summed E-state index contributed by atoms with van der Waals surface area (Å²) in [5.41, 5.74) is 1.24. The molecule has 0 amide bonds. The molecule has 2 aromatic carbocycles. The van der Waals surface area contributed by atoms with Gasteiger partial charge in [-0.05, 0) is 11.1 Å². The third-order valence-electron chi connectivity index (χ3n) is 3.08. The number of rotatable bonds is 6. The number of carboxylic acid groups (broad SMARTS) is 2. The zero-order valence-electron chi connectivity index (χ0n) is 15.1. The van der Waals surface area contributed by atoms with Crippen LogP contribution in [0.2, 0.25) is 0 Å². The summed E-state index contributed by atoms with van der Waals surface area (Å²) in [6, 6.07) is 17.3. The van der Waals surface area contributed by atoms with E-state index in [-0.39, 0.29) is 48.9 Å². The van der Waals surface area contributed by atoms with Crippen LogP contribution in [0.1, 0.15) is 11.1 Å². The number of hydrogen-bond acceptors (Lipinski definition) is 6. The van der Waals surface area contributed by atoms with E-state index in [0.29, 0.717) is 11.1 Å². The second-order valence-corrected chi connectivity index (χ2v) is 4.84. The Balaban J connectivity index is 0.000000483. The maximum Gasteiger partial charge on any atom is 2.00 e. The van der Waals surface area contributed by atoms with Crippen molar-refractivity contribution < 1.29 is 29.3 Å². The van der Waals surface area contributed by atoms with Crippen LogP contribution in [-0.2, 0) is 19.1 Å². The fraction of sp³-hybridized carbons (Fsp3) is 0.100. The zero-order chi connectivity index (χ0) is 19.4. The van der Waals surface area contributed by atoms with Crippen LogP contribution in [0.4, 0.5) is 0 Å². The molecule has 136 valence electrons. The molecule has 2 aromatic rings. The molecule has 0 bridgehead atoms. The van der Waals surface area contributed by atoms with Crippen LogP contribution in [0.15, 0.2) is 73.2 Å². The normalized spacial score (nSPS) is 10.6. The number of methoxy groups -OCH3 is 2. The van der Waals surface area contributed by atoms with Crippen molar-refractivity contribution in [2.75, 3.05) is 14.2 Å². The Morgan fingerprint density at radius 2 is 1.00 bits per heavy atom. The summed E-state index contributed by atoms with van der Waals surface area (Å²) in [6.07, 6.45) is 2.31. The Labute approximate surface area is 187 Å². The first-order valence-corrected chi connectivity index (χ1v) is 7.50. The molecule has 6 nitrogen and oxygen atoms in total. The van der Waals surface area contributed by atoms with Crippen molar-refractivity contribution in [2.45, 2.75) is 0 Å². The smallest absolute Gasteiger partial charge is 0.545 e. The first-order valence-electron chi connectivity index (χ1n) is 7.50. The van der Waals surface area contributed by atoms with E-state index in [9.17, 15) is 19.8 Å². The summed E-state index contributed by atoms with van der Waals surface area (Å²) in [5, 5.41) is 21.3. The van der Waals surface area contributed by atoms with Crippen LogP contribution in [0, 0.1) is 0 Å². The Kier molecular flexibility index (Phi) is 12.7. The Morgan fingerprint density at radius 3 is 1.22 bits per heavy atom. The first-order chi connectivity index (χ1) is 12.5. The minimum atomic E-state index is -1.24. The van der Waals surface area contributed by atoms with Crippen molar-refractivity contribution in [1.82, 2.24) is 0 Å². The summed E-state index contributed by atoms with van der Waals surface area (Å²) in [7, 11) is 2.79. The van der Waals surface area contributed by atoms with Gasteiger partial charge in [-0.2, -0.15) is 0 Å². The molecule has 0 spiro atoms. The number of carboxylic acids is 2. The molecule has 0 aliphatic rings. The fourth-order valence-corrected chi connectivity index (χ4v) is 1.94. The van der Waals surface area contributed by atoms with Gasteiger partial charge in [-0.25, -0.2) is 0 Å². The number of carbonyl (C=O) groups excluding carboxylic acids is 2. The van der Waals surface area contributed by atoms with Crippen LogP contribution < -0.4 is 10.2 Å². The molecule has 2 rings (SSSR count). The zero-order valence-corrected chi connectivity index (χ0v) is 17.3. The predicted octanol–water partition coefficient (Wildman–Crippen LogP) is 0.467. The van der Waals surface area contributed by atoms with Gasteiger partial charge in [0, 0.05) is 11.1 Å². The topological polar surface area (TPSA) is 98.7 Å². The molecule has 0 saturated heterocycles. The van der Waals surface area contributed by atoms with Gasteiger partial charge in [0.1, 0.15) is 0 Å². The Morgan fingerprint density at radius 1 is 0.704 bits per heavy atom. The SMILES string of the molecule is COC=C(C(=O)[O-])c1ccccc1.COC=C(C(=O)[O-])c1ccccc1.[Ca+2]. The van der Waals surface area contributed by atoms with Crippen LogP contribution >= 0.6 is 0 Å². The van der Waals surface area contributed by atoms with Crippen molar-refractivity contribution in [1.29, 1.82) is 0 Å². The number of ether oxygens (including phenoxy) is 2. The number of aliphatic carboxylic acids is 2. The molecule has 0 radical (unpaired) electrons. The average Bonchev–Trinajstić information content (AvgIpc) is 2.65. The van der Waals surface area contributed by atoms with E-state index in [4.69, 9.17) is 0 Å². The second kappa shape index (κ2) is 13.9. The molecule has 0 fully saturated rings. The quantitative estimate of drug-likeness (QED) is 0.401. The van der Waals surface area contributed by atoms with Gasteiger partial charge in [-0.15, -0.1) is 0 Å². The molecule has 0 N–H and O–H groups in total. The van der Waals surface area contributed by atoms with Crippen molar-refractivity contribution in [3.8, 4) is 0 Å². The summed E-state index contributed by atoms with van der Waals surface area (Å²) in [5.74, 6) is -2.49. The van der Waals surface area contributed by atoms with Crippen molar-refractivity contribution in [3.63, 3.8) is 0 Å². The van der Waals surface area contributed by atoms with Gasteiger partial charge in [0.2, 0.25) is 0 Å². The van der Waals surface area contributed by atoms with Gasteiger partial charge in [0.15, 0.2) is 0 Å². The Bertz CT molecular complexity index is 702. The molecule has 0 atom stereocenters. The monoisotopic (exact) mass is 394 g/mol. The van der Waals surface area contributed by atoms with E-state index in [2.05, 4.69) is 9.47 Å². The standard InChI is InChI=1S/2C10H10O3.Ca/c2*1-13-7-9(10(11)12)8-5-3-2-4-6-8;/h2*2-7H,1H3,(H,11,12);/q;;+2/p-2. The van der Waals surface area contributed by atoms with Crippen LogP contribution in [0.25, 0.3) is 11.1 Å². The molecule has 27 heavy (non-hydrogen) atoms. The number of carbonyl (C=O) groups is 2. The van der Waals surface area contributed by atoms with E-state index in [1.807, 2.05) is 12.1 Å². The maximum atomic E-state index is 10.6. The first kappa shape index (κ1) is 24.7. The van der Waals surface area contributed by atoms with E-state index in [1.165, 1.54) is 14.2 Å². The Hall–Kier alpha value is -2.28. The van der Waals surface area contributed by atoms with Gasteiger partial charge in [-0.3, -0.25) is 0 Å². The number of hydrogen-bond donors (Lipinski definition) is 0. The van der Waals surface area contributed by atoms with Gasteiger partial charge in [0.05, 0.1) is 38.7 Å². The summed E-state index contributed by atoms with van der Waals surface area (Å²) < 4.78 is 9.27. The third-order valence-corrected chi connectivity index (χ3v) is 3.08. The van der Waals surface area contributed by atoms with Gasteiger partial charge >= 0.3 is 37.7 Å². The molecule has 0 heterocycles. The second-order valence-electron chi connectivity index (χ2n) is 4.84. The minimum Gasteiger partial charge on any atom is -0.545 e. The maximum absolute atomic E-state index is 10.6. The molecule has 0 saturated carbocycles. The number of benzene rings is 2. The average molecular weight is 394 g/mol. The molecular weight excluding hydrogens is 376 g/mol.